The molecule has 2 aromatic carbocycles. The van der Waals surface area contributed by atoms with Crippen LogP contribution in [-0.4, -0.2) is 42.2 Å². The molecule has 2 aromatic rings. The second-order valence-electron chi connectivity index (χ2n) is 7.41. The molecule has 2 aliphatic rings. The topological polar surface area (TPSA) is 49.8 Å². The van der Waals surface area contributed by atoms with Crippen molar-refractivity contribution < 1.29 is 14.6 Å². The van der Waals surface area contributed by atoms with Crippen LogP contribution in [0.3, 0.4) is 0 Å². The van der Waals surface area contributed by atoms with E-state index in [0.29, 0.717) is 23.2 Å². The first kappa shape index (κ1) is 18.3. The van der Waals surface area contributed by atoms with Gasteiger partial charge >= 0.3 is 5.97 Å². The van der Waals surface area contributed by atoms with E-state index in [2.05, 4.69) is 18.0 Å². The van der Waals surface area contributed by atoms with Gasteiger partial charge in [-0.3, -0.25) is 0 Å². The van der Waals surface area contributed by atoms with Crippen LogP contribution >= 0.6 is 11.6 Å². The van der Waals surface area contributed by atoms with Crippen molar-refractivity contribution in [3.8, 4) is 5.75 Å². The Bertz CT molecular complexity index is 895. The summed E-state index contributed by atoms with van der Waals surface area (Å²) in [6.45, 7) is 3.14. The van der Waals surface area contributed by atoms with Crippen LogP contribution in [-0.2, 0) is 17.6 Å². The van der Waals surface area contributed by atoms with Crippen molar-refractivity contribution in [3.05, 3.63) is 63.2 Å². The molecule has 1 heterocycles. The van der Waals surface area contributed by atoms with Gasteiger partial charge in [0, 0.05) is 18.5 Å². The lowest BCUT2D eigenvalue weighted by molar-refractivity contribution is 0.0524. The summed E-state index contributed by atoms with van der Waals surface area (Å²) < 4.78 is 5.27. The largest absolute Gasteiger partial charge is 0.506 e. The standard InChI is InChI=1S/C22H24ClNO3/c1-3-27-22(26)16-6-4-5-15-14(16)7-8-19-21(15)17-12-20(25)18(23)11-13(17)9-10-24(19)2/h4-6,11-12,19,21,25H,3,7-10H2,1-2H3/t19-,21+/m0/s1. The Morgan fingerprint density at radius 3 is 2.89 bits per heavy atom. The van der Waals surface area contributed by atoms with Crippen molar-refractivity contribution in [1.29, 1.82) is 0 Å². The van der Waals surface area contributed by atoms with Crippen molar-refractivity contribution in [2.24, 2.45) is 0 Å². The highest BCUT2D eigenvalue weighted by atomic mass is 35.5. The number of carbonyl (C=O) groups excluding carboxylic acids is 1. The maximum atomic E-state index is 12.5. The molecule has 0 saturated heterocycles. The highest BCUT2D eigenvalue weighted by Crippen LogP contribution is 2.45. The Balaban J connectivity index is 1.90. The van der Waals surface area contributed by atoms with E-state index >= 15 is 0 Å². The zero-order valence-electron chi connectivity index (χ0n) is 15.7. The van der Waals surface area contributed by atoms with Crippen LogP contribution in [0.5, 0.6) is 5.75 Å². The molecule has 0 unspecified atom stereocenters. The Kier molecular flexibility index (Phi) is 4.87. The van der Waals surface area contributed by atoms with Gasteiger partial charge in [0.1, 0.15) is 5.75 Å². The van der Waals surface area contributed by atoms with Crippen LogP contribution in [0.1, 0.15) is 51.9 Å². The third-order valence-corrected chi connectivity index (χ3v) is 6.26. The van der Waals surface area contributed by atoms with Crippen LogP contribution < -0.4 is 0 Å². The molecule has 4 rings (SSSR count). The molecule has 1 aliphatic carbocycles. The van der Waals surface area contributed by atoms with Gasteiger partial charge in [-0.15, -0.1) is 0 Å². The number of carbonyl (C=O) groups is 1. The number of fused-ring (bicyclic) bond motifs is 5. The number of likely N-dealkylation sites (N-methyl/N-ethyl adjacent to an activating group) is 1. The number of ether oxygens (including phenoxy) is 1. The van der Waals surface area contributed by atoms with Gasteiger partial charge in [-0.25, -0.2) is 4.79 Å². The van der Waals surface area contributed by atoms with Gasteiger partial charge in [0.2, 0.25) is 0 Å². The lowest BCUT2D eigenvalue weighted by Crippen LogP contribution is -2.40. The van der Waals surface area contributed by atoms with Gasteiger partial charge in [-0.2, -0.15) is 0 Å². The predicted octanol–water partition coefficient (Wildman–Crippen LogP) is 4.16. The van der Waals surface area contributed by atoms with Crippen LogP contribution in [0.2, 0.25) is 5.02 Å². The van der Waals surface area contributed by atoms with Crippen molar-refractivity contribution >= 4 is 17.6 Å². The van der Waals surface area contributed by atoms with Crippen molar-refractivity contribution in [2.75, 3.05) is 20.2 Å². The van der Waals surface area contributed by atoms with Gasteiger partial charge < -0.3 is 14.7 Å². The minimum absolute atomic E-state index is 0.105. The normalized spacial score (nSPS) is 21.6. The van der Waals surface area contributed by atoms with Crippen LogP contribution in [0, 0.1) is 0 Å². The lowest BCUT2D eigenvalue weighted by Gasteiger charge is -2.38. The lowest BCUT2D eigenvalue weighted by atomic mass is 9.73. The molecule has 0 aromatic heterocycles. The summed E-state index contributed by atoms with van der Waals surface area (Å²) in [5, 5.41) is 10.7. The highest BCUT2D eigenvalue weighted by Gasteiger charge is 2.38. The number of phenols is 1. The summed E-state index contributed by atoms with van der Waals surface area (Å²) in [6, 6.07) is 9.96. The fourth-order valence-corrected chi connectivity index (χ4v) is 4.87. The number of hydrogen-bond donors (Lipinski definition) is 1. The molecule has 0 amide bonds. The van der Waals surface area contributed by atoms with Gasteiger partial charge in [-0.05, 0) is 73.7 Å². The van der Waals surface area contributed by atoms with E-state index in [-0.39, 0.29) is 17.6 Å². The molecule has 4 nitrogen and oxygen atoms in total. The Hall–Kier alpha value is -2.04. The smallest absolute Gasteiger partial charge is 0.338 e. The molecule has 27 heavy (non-hydrogen) atoms. The SMILES string of the molecule is CCOC(=O)c1cccc2c1CC[C@H]1[C@H]2c2cc(O)c(Cl)cc2CCN1C. The summed E-state index contributed by atoms with van der Waals surface area (Å²) in [5.74, 6) is -0.0323. The summed E-state index contributed by atoms with van der Waals surface area (Å²) in [7, 11) is 2.16. The first-order valence-corrected chi connectivity index (χ1v) is 9.89. The van der Waals surface area contributed by atoms with Crippen molar-refractivity contribution in [1.82, 2.24) is 4.90 Å². The number of nitrogens with zero attached hydrogens (tertiary/aromatic N) is 1. The third-order valence-electron chi connectivity index (χ3n) is 5.96. The van der Waals surface area contributed by atoms with E-state index < -0.39 is 0 Å². The maximum Gasteiger partial charge on any atom is 0.338 e. The average molecular weight is 386 g/mol. The number of halogens is 1. The van der Waals surface area contributed by atoms with E-state index in [0.717, 1.165) is 42.5 Å². The first-order chi connectivity index (χ1) is 13.0. The van der Waals surface area contributed by atoms with Crippen LogP contribution in [0.4, 0.5) is 0 Å². The molecular weight excluding hydrogens is 362 g/mol. The van der Waals surface area contributed by atoms with Gasteiger partial charge in [0.05, 0.1) is 17.2 Å². The average Bonchev–Trinajstić information content (AvgIpc) is 2.79. The minimum atomic E-state index is -0.256. The van der Waals surface area contributed by atoms with E-state index in [1.54, 1.807) is 0 Å². The van der Waals surface area contributed by atoms with Crippen molar-refractivity contribution in [3.63, 3.8) is 0 Å². The van der Waals surface area contributed by atoms with E-state index in [1.165, 1.54) is 5.56 Å². The zero-order chi connectivity index (χ0) is 19.1. The summed E-state index contributed by atoms with van der Waals surface area (Å²) in [5.41, 5.74) is 5.19. The molecule has 1 aliphatic heterocycles. The van der Waals surface area contributed by atoms with Gasteiger partial charge in [0.15, 0.2) is 0 Å². The number of hydrogen-bond acceptors (Lipinski definition) is 4. The minimum Gasteiger partial charge on any atom is -0.506 e. The molecule has 0 saturated carbocycles. The maximum absolute atomic E-state index is 12.5. The zero-order valence-corrected chi connectivity index (χ0v) is 16.4. The number of phenolic OH excluding ortho intramolecular Hbond substituents is 1. The highest BCUT2D eigenvalue weighted by molar-refractivity contribution is 6.32. The Labute approximate surface area is 164 Å². The van der Waals surface area contributed by atoms with Crippen molar-refractivity contribution in [2.45, 2.75) is 38.1 Å². The molecule has 1 N–H and O–H groups in total. The summed E-state index contributed by atoms with van der Waals surface area (Å²) >= 11 is 6.19. The second-order valence-corrected chi connectivity index (χ2v) is 7.82. The number of aromatic hydroxyl groups is 1. The second kappa shape index (κ2) is 7.17. The Morgan fingerprint density at radius 1 is 1.30 bits per heavy atom. The molecule has 5 heteroatoms. The molecule has 0 bridgehead atoms. The fraction of sp³-hybridized carbons (Fsp3) is 0.409. The Morgan fingerprint density at radius 2 is 2.11 bits per heavy atom. The molecule has 2 atom stereocenters. The fourth-order valence-electron chi connectivity index (χ4n) is 4.68. The summed E-state index contributed by atoms with van der Waals surface area (Å²) in [4.78, 5) is 14.9. The van der Waals surface area contributed by atoms with E-state index in [9.17, 15) is 9.90 Å². The quantitative estimate of drug-likeness (QED) is 0.789. The molecule has 0 spiro atoms. The number of benzene rings is 2. The molecule has 142 valence electrons. The van der Waals surface area contributed by atoms with Gasteiger partial charge in [-0.1, -0.05) is 23.7 Å². The van der Waals surface area contributed by atoms with Gasteiger partial charge in [0.25, 0.3) is 0 Å². The molecule has 0 fully saturated rings. The predicted molar refractivity (Wildman–Crippen MR) is 106 cm³/mol. The summed E-state index contributed by atoms with van der Waals surface area (Å²) in [6.07, 6.45) is 2.71. The first-order valence-electron chi connectivity index (χ1n) is 9.51. The van der Waals surface area contributed by atoms with E-state index in [4.69, 9.17) is 16.3 Å². The molecular formula is C22H24ClNO3. The number of esters is 1. The number of rotatable bonds is 2. The van der Waals surface area contributed by atoms with Crippen LogP contribution in [0.25, 0.3) is 0 Å². The molecule has 0 radical (unpaired) electrons. The van der Waals surface area contributed by atoms with Crippen LogP contribution in [0.15, 0.2) is 30.3 Å². The van der Waals surface area contributed by atoms with E-state index in [1.807, 2.05) is 31.2 Å². The third kappa shape index (κ3) is 3.11. The monoisotopic (exact) mass is 385 g/mol.